The smallest absolute Gasteiger partial charge is 0.341 e. The van der Waals surface area contributed by atoms with E-state index in [-0.39, 0.29) is 11.4 Å². The van der Waals surface area contributed by atoms with Gasteiger partial charge < -0.3 is 25.2 Å². The second-order valence-electron chi connectivity index (χ2n) is 7.06. The van der Waals surface area contributed by atoms with Crippen LogP contribution in [0, 0.1) is 0 Å². The number of rotatable bonds is 10. The van der Waals surface area contributed by atoms with Crippen LogP contribution in [-0.4, -0.2) is 36.2 Å². The molecule has 168 valence electrons. The van der Waals surface area contributed by atoms with Gasteiger partial charge in [0.1, 0.15) is 0 Å². The third kappa shape index (κ3) is 5.85. The molecule has 2 aromatic carbocycles. The number of anilines is 1. The number of allylic oxidation sites excluding steroid dienone is 1. The molecule has 1 aliphatic rings. The summed E-state index contributed by atoms with van der Waals surface area (Å²) in [5.41, 5.74) is 3.36. The van der Waals surface area contributed by atoms with Crippen LogP contribution in [0.25, 0.3) is 6.08 Å². The first-order valence-electron chi connectivity index (χ1n) is 10.1. The van der Waals surface area contributed by atoms with Crippen molar-refractivity contribution in [3.05, 3.63) is 70.6 Å². The highest BCUT2D eigenvalue weighted by Gasteiger charge is 2.27. The van der Waals surface area contributed by atoms with Crippen molar-refractivity contribution >= 4 is 35.4 Å². The molecule has 0 aliphatic carbocycles. The fraction of sp³-hybridized carbons (Fsp3) is 0.250. The number of nitrogens with one attached hydrogen (secondary N) is 2. The van der Waals surface area contributed by atoms with Gasteiger partial charge >= 0.3 is 5.97 Å². The summed E-state index contributed by atoms with van der Waals surface area (Å²) in [5, 5.41) is 15.2. The number of carboxylic acids is 1. The van der Waals surface area contributed by atoms with Crippen LogP contribution in [0.5, 0.6) is 11.5 Å². The predicted molar refractivity (Wildman–Crippen MR) is 127 cm³/mol. The molecule has 1 atom stereocenters. The van der Waals surface area contributed by atoms with E-state index in [2.05, 4.69) is 36.3 Å². The monoisotopic (exact) mass is 454 g/mol. The van der Waals surface area contributed by atoms with Crippen LogP contribution >= 0.6 is 11.8 Å². The summed E-state index contributed by atoms with van der Waals surface area (Å²) in [7, 11) is 1.48. The summed E-state index contributed by atoms with van der Waals surface area (Å²) in [6, 6.07) is 11.7. The van der Waals surface area contributed by atoms with Gasteiger partial charge in [0.15, 0.2) is 23.6 Å². The largest absolute Gasteiger partial charge is 0.493 e. The topological polar surface area (TPSA) is 96.9 Å². The summed E-state index contributed by atoms with van der Waals surface area (Å²) in [4.78, 5) is 24.0. The van der Waals surface area contributed by atoms with Crippen molar-refractivity contribution in [3.8, 4) is 11.5 Å². The first-order chi connectivity index (χ1) is 15.4. The first kappa shape index (κ1) is 23.3. The number of aryl methyl sites for hydroxylation is 1. The number of benzene rings is 2. The SMILES string of the molecule is C=CCc1cc(/C=C2\S[C@H](Nc3ccc(CC)cc3)NC2=O)cc(OC)c1OCC(=O)O. The van der Waals surface area contributed by atoms with Crippen LogP contribution in [0.15, 0.2) is 54.0 Å². The standard InChI is InChI=1S/C24H26N2O5S/c1-4-6-17-11-16(12-19(30-3)22(17)31-14-21(27)28)13-20-23(29)26-24(32-20)25-18-9-7-15(5-2)8-10-18/h4,7-13,24-25H,1,5-6,14H2,2-3H3,(H,26,29)(H,27,28)/b20-13-/t24-/m1/s1. The van der Waals surface area contributed by atoms with Gasteiger partial charge in [-0.05, 0) is 54.3 Å². The van der Waals surface area contributed by atoms with Gasteiger partial charge in [0.05, 0.1) is 12.0 Å². The maximum Gasteiger partial charge on any atom is 0.341 e. The average Bonchev–Trinajstić information content (AvgIpc) is 3.11. The van der Waals surface area contributed by atoms with E-state index in [9.17, 15) is 9.59 Å². The third-order valence-electron chi connectivity index (χ3n) is 4.77. The molecule has 0 radical (unpaired) electrons. The van der Waals surface area contributed by atoms with Crippen molar-refractivity contribution < 1.29 is 24.2 Å². The van der Waals surface area contributed by atoms with Gasteiger partial charge in [-0.2, -0.15) is 0 Å². The minimum Gasteiger partial charge on any atom is -0.493 e. The van der Waals surface area contributed by atoms with E-state index in [4.69, 9.17) is 14.6 Å². The van der Waals surface area contributed by atoms with E-state index in [1.54, 1.807) is 18.2 Å². The average molecular weight is 455 g/mol. The van der Waals surface area contributed by atoms with Crippen molar-refractivity contribution in [2.24, 2.45) is 0 Å². The summed E-state index contributed by atoms with van der Waals surface area (Å²) < 4.78 is 10.8. The highest BCUT2D eigenvalue weighted by molar-refractivity contribution is 8.05. The molecular weight excluding hydrogens is 428 g/mol. The zero-order chi connectivity index (χ0) is 23.1. The highest BCUT2D eigenvalue weighted by Crippen LogP contribution is 2.36. The second kappa shape index (κ2) is 10.8. The zero-order valence-corrected chi connectivity index (χ0v) is 18.8. The Morgan fingerprint density at radius 1 is 1.31 bits per heavy atom. The Kier molecular flexibility index (Phi) is 7.83. The Balaban J connectivity index is 1.81. The fourth-order valence-electron chi connectivity index (χ4n) is 3.23. The van der Waals surface area contributed by atoms with Crippen molar-refractivity contribution in [1.82, 2.24) is 5.32 Å². The molecule has 2 aromatic rings. The molecule has 0 unspecified atom stereocenters. The molecule has 3 rings (SSSR count). The number of amides is 1. The molecule has 0 spiro atoms. The number of thioether (sulfide) groups is 1. The van der Waals surface area contributed by atoms with Gasteiger partial charge in [0, 0.05) is 11.3 Å². The summed E-state index contributed by atoms with van der Waals surface area (Å²) in [6.07, 6.45) is 4.90. The van der Waals surface area contributed by atoms with E-state index in [0.717, 1.165) is 23.2 Å². The Hall–Kier alpha value is -3.39. The molecule has 1 heterocycles. The number of ether oxygens (including phenoxy) is 2. The van der Waals surface area contributed by atoms with Crippen LogP contribution in [0.3, 0.4) is 0 Å². The van der Waals surface area contributed by atoms with Crippen LogP contribution in [0.4, 0.5) is 5.69 Å². The lowest BCUT2D eigenvalue weighted by Gasteiger charge is -2.15. The number of hydrogen-bond donors (Lipinski definition) is 3. The second-order valence-corrected chi connectivity index (χ2v) is 8.21. The van der Waals surface area contributed by atoms with Crippen LogP contribution in [-0.2, 0) is 22.4 Å². The van der Waals surface area contributed by atoms with Crippen LogP contribution in [0.2, 0.25) is 0 Å². The van der Waals surface area contributed by atoms with E-state index in [0.29, 0.717) is 22.8 Å². The lowest BCUT2D eigenvalue weighted by atomic mass is 10.0. The summed E-state index contributed by atoms with van der Waals surface area (Å²) in [6.45, 7) is 5.37. The lowest BCUT2D eigenvalue weighted by Crippen LogP contribution is -2.30. The van der Waals surface area contributed by atoms with Crippen LogP contribution in [0.1, 0.15) is 23.6 Å². The molecule has 1 aliphatic heterocycles. The Morgan fingerprint density at radius 2 is 2.06 bits per heavy atom. The highest BCUT2D eigenvalue weighted by atomic mass is 32.2. The molecule has 0 aromatic heterocycles. The van der Waals surface area contributed by atoms with Gasteiger partial charge in [-0.1, -0.05) is 36.9 Å². The van der Waals surface area contributed by atoms with Crippen LogP contribution < -0.4 is 20.1 Å². The number of methoxy groups -OCH3 is 1. The number of aliphatic carboxylic acids is 1. The fourth-order valence-corrected chi connectivity index (χ4v) is 4.21. The van der Waals surface area contributed by atoms with Gasteiger partial charge in [-0.25, -0.2) is 4.79 Å². The Labute approximate surface area is 191 Å². The predicted octanol–water partition coefficient (Wildman–Crippen LogP) is 4.05. The van der Waals surface area contributed by atoms with Gasteiger partial charge in [0.25, 0.3) is 5.91 Å². The molecule has 32 heavy (non-hydrogen) atoms. The third-order valence-corrected chi connectivity index (χ3v) is 5.80. The van der Waals surface area contributed by atoms with Gasteiger partial charge in [-0.15, -0.1) is 6.58 Å². The zero-order valence-electron chi connectivity index (χ0n) is 18.0. The first-order valence-corrected chi connectivity index (χ1v) is 11.0. The normalized spacial score (nSPS) is 16.5. The van der Waals surface area contributed by atoms with E-state index in [1.165, 1.54) is 24.4 Å². The maximum absolute atomic E-state index is 12.5. The van der Waals surface area contributed by atoms with E-state index < -0.39 is 12.6 Å². The van der Waals surface area contributed by atoms with Crippen molar-refractivity contribution in [2.45, 2.75) is 25.3 Å². The molecule has 1 fully saturated rings. The van der Waals surface area contributed by atoms with Crippen molar-refractivity contribution in [1.29, 1.82) is 0 Å². The molecule has 7 nitrogen and oxygen atoms in total. The number of carbonyl (C=O) groups excluding carboxylic acids is 1. The molecule has 1 amide bonds. The molecular formula is C24H26N2O5S. The Morgan fingerprint density at radius 3 is 2.69 bits per heavy atom. The number of carbonyl (C=O) groups is 2. The molecule has 0 bridgehead atoms. The minimum atomic E-state index is -1.08. The lowest BCUT2D eigenvalue weighted by molar-refractivity contribution is -0.139. The number of carboxylic acid groups (broad SMARTS) is 1. The number of hydrogen-bond acceptors (Lipinski definition) is 6. The Bertz CT molecular complexity index is 1030. The summed E-state index contributed by atoms with van der Waals surface area (Å²) in [5.74, 6) is -0.500. The van der Waals surface area contributed by atoms with Crippen molar-refractivity contribution in [3.63, 3.8) is 0 Å². The maximum atomic E-state index is 12.5. The molecule has 3 N–H and O–H groups in total. The quantitative estimate of drug-likeness (QED) is 0.368. The molecule has 1 saturated heterocycles. The van der Waals surface area contributed by atoms with Crippen molar-refractivity contribution in [2.75, 3.05) is 19.0 Å². The molecule has 0 saturated carbocycles. The van der Waals surface area contributed by atoms with E-state index >= 15 is 0 Å². The van der Waals surface area contributed by atoms with Gasteiger partial charge in [-0.3, -0.25) is 4.79 Å². The van der Waals surface area contributed by atoms with E-state index in [1.807, 2.05) is 18.2 Å². The minimum absolute atomic E-state index is 0.173. The van der Waals surface area contributed by atoms with Gasteiger partial charge in [0.2, 0.25) is 0 Å². The molecule has 8 heteroatoms. The summed E-state index contributed by atoms with van der Waals surface area (Å²) >= 11 is 1.39.